The molecular formula is C13H21N3O. The maximum atomic E-state index is 12.0. The lowest BCUT2D eigenvalue weighted by Gasteiger charge is -2.34. The van der Waals surface area contributed by atoms with Crippen LogP contribution < -0.4 is 10.6 Å². The van der Waals surface area contributed by atoms with Crippen LogP contribution in [0.25, 0.3) is 0 Å². The van der Waals surface area contributed by atoms with Crippen molar-refractivity contribution in [3.63, 3.8) is 0 Å². The highest BCUT2D eigenvalue weighted by molar-refractivity contribution is 5.92. The Bertz CT molecular complexity index is 391. The van der Waals surface area contributed by atoms with Crippen LogP contribution in [0.5, 0.6) is 0 Å². The third-order valence-corrected chi connectivity index (χ3v) is 3.54. The number of hydrogen-bond donors (Lipinski definition) is 2. The zero-order valence-electron chi connectivity index (χ0n) is 10.6. The third-order valence-electron chi connectivity index (χ3n) is 3.54. The molecule has 1 amide bonds. The Balaban J connectivity index is 1.90. The van der Waals surface area contributed by atoms with Gasteiger partial charge in [-0.25, -0.2) is 0 Å². The Labute approximate surface area is 102 Å². The molecule has 1 atom stereocenters. The van der Waals surface area contributed by atoms with Crippen LogP contribution in [0.15, 0.2) is 18.3 Å². The van der Waals surface area contributed by atoms with Gasteiger partial charge in [0.25, 0.3) is 5.91 Å². The van der Waals surface area contributed by atoms with Crippen molar-refractivity contribution in [3.8, 4) is 0 Å². The minimum Gasteiger partial charge on any atom is -0.350 e. The first-order valence-corrected chi connectivity index (χ1v) is 6.21. The molecule has 4 heteroatoms. The average molecular weight is 235 g/mol. The van der Waals surface area contributed by atoms with Gasteiger partial charge in [0.1, 0.15) is 5.69 Å². The fourth-order valence-electron chi connectivity index (χ4n) is 2.35. The number of amides is 1. The van der Waals surface area contributed by atoms with E-state index >= 15 is 0 Å². The molecule has 1 unspecified atom stereocenters. The van der Waals surface area contributed by atoms with Crippen LogP contribution in [0.4, 0.5) is 0 Å². The van der Waals surface area contributed by atoms with Crippen molar-refractivity contribution in [2.75, 3.05) is 19.6 Å². The summed E-state index contributed by atoms with van der Waals surface area (Å²) in [5.41, 5.74) is 0.913. The second-order valence-corrected chi connectivity index (χ2v) is 5.28. The zero-order chi connectivity index (χ0) is 12.3. The highest BCUT2D eigenvalue weighted by Crippen LogP contribution is 2.24. The van der Waals surface area contributed by atoms with E-state index in [1.165, 1.54) is 12.8 Å². The predicted octanol–water partition coefficient (Wildman–Crippen LogP) is 1.14. The quantitative estimate of drug-likeness (QED) is 0.825. The number of nitrogens with one attached hydrogen (secondary N) is 2. The standard InChI is InChI=1S/C13H21N3O/c1-13(6-4-7-14-9-13)10-15-12(17)11-5-3-8-16(11)2/h3,5,8,14H,4,6-7,9-10H2,1-2H3,(H,15,17). The number of aromatic nitrogens is 1. The van der Waals surface area contributed by atoms with Gasteiger partial charge in [-0.1, -0.05) is 6.92 Å². The second kappa shape index (κ2) is 4.92. The molecule has 1 aliphatic heterocycles. The maximum absolute atomic E-state index is 12.0. The molecule has 2 heterocycles. The minimum atomic E-state index is 0.0179. The summed E-state index contributed by atoms with van der Waals surface area (Å²) in [7, 11) is 1.89. The summed E-state index contributed by atoms with van der Waals surface area (Å²) >= 11 is 0. The molecular weight excluding hydrogens is 214 g/mol. The van der Waals surface area contributed by atoms with Gasteiger partial charge in [0.05, 0.1) is 0 Å². The molecule has 0 aliphatic carbocycles. The number of hydrogen-bond acceptors (Lipinski definition) is 2. The molecule has 1 fully saturated rings. The van der Waals surface area contributed by atoms with Gasteiger partial charge in [-0.05, 0) is 36.9 Å². The lowest BCUT2D eigenvalue weighted by molar-refractivity contribution is 0.0916. The van der Waals surface area contributed by atoms with E-state index in [4.69, 9.17) is 0 Å². The molecule has 0 bridgehead atoms. The number of nitrogens with zero attached hydrogens (tertiary/aromatic N) is 1. The van der Waals surface area contributed by atoms with Crippen molar-refractivity contribution < 1.29 is 4.79 Å². The number of aryl methyl sites for hydroxylation is 1. The fraction of sp³-hybridized carbons (Fsp3) is 0.615. The van der Waals surface area contributed by atoms with Crippen molar-refractivity contribution in [1.82, 2.24) is 15.2 Å². The summed E-state index contributed by atoms with van der Waals surface area (Å²) in [4.78, 5) is 12.0. The van der Waals surface area contributed by atoms with Crippen LogP contribution in [0.1, 0.15) is 30.3 Å². The van der Waals surface area contributed by atoms with Crippen molar-refractivity contribution in [2.45, 2.75) is 19.8 Å². The summed E-state index contributed by atoms with van der Waals surface area (Å²) in [6, 6.07) is 3.73. The lowest BCUT2D eigenvalue weighted by Crippen LogP contribution is -2.45. The number of rotatable bonds is 3. The van der Waals surface area contributed by atoms with Crippen LogP contribution in [-0.4, -0.2) is 30.1 Å². The number of carbonyl (C=O) groups is 1. The molecule has 1 aromatic rings. The van der Waals surface area contributed by atoms with Crippen LogP contribution >= 0.6 is 0 Å². The second-order valence-electron chi connectivity index (χ2n) is 5.28. The minimum absolute atomic E-state index is 0.0179. The highest BCUT2D eigenvalue weighted by atomic mass is 16.1. The lowest BCUT2D eigenvalue weighted by atomic mass is 9.83. The highest BCUT2D eigenvalue weighted by Gasteiger charge is 2.27. The molecule has 0 saturated carbocycles. The first kappa shape index (κ1) is 12.2. The van der Waals surface area contributed by atoms with Gasteiger partial charge in [0.15, 0.2) is 0 Å². The van der Waals surface area contributed by atoms with Crippen LogP contribution in [0.2, 0.25) is 0 Å². The van der Waals surface area contributed by atoms with Gasteiger partial charge < -0.3 is 15.2 Å². The van der Waals surface area contributed by atoms with Crippen molar-refractivity contribution in [1.29, 1.82) is 0 Å². The van der Waals surface area contributed by atoms with E-state index in [0.29, 0.717) is 0 Å². The van der Waals surface area contributed by atoms with E-state index in [9.17, 15) is 4.79 Å². The van der Waals surface area contributed by atoms with E-state index < -0.39 is 0 Å². The fourth-order valence-corrected chi connectivity index (χ4v) is 2.35. The predicted molar refractivity (Wildman–Crippen MR) is 68.0 cm³/mol. The third kappa shape index (κ3) is 2.88. The maximum Gasteiger partial charge on any atom is 0.267 e. The molecule has 0 spiro atoms. The SMILES string of the molecule is Cn1cccc1C(=O)NCC1(C)CCCNC1. The molecule has 1 saturated heterocycles. The van der Waals surface area contributed by atoms with Crippen LogP contribution in [0, 0.1) is 5.41 Å². The normalized spacial score (nSPS) is 24.6. The van der Waals surface area contributed by atoms with Crippen molar-refractivity contribution in [2.24, 2.45) is 12.5 Å². The van der Waals surface area contributed by atoms with Gasteiger partial charge in [-0.2, -0.15) is 0 Å². The van der Waals surface area contributed by atoms with E-state index in [1.807, 2.05) is 29.9 Å². The Kier molecular flexibility index (Phi) is 3.52. The Hall–Kier alpha value is -1.29. The number of carbonyl (C=O) groups excluding carboxylic acids is 1. The van der Waals surface area contributed by atoms with Crippen LogP contribution in [-0.2, 0) is 7.05 Å². The van der Waals surface area contributed by atoms with E-state index in [-0.39, 0.29) is 11.3 Å². The molecule has 17 heavy (non-hydrogen) atoms. The smallest absolute Gasteiger partial charge is 0.267 e. The van der Waals surface area contributed by atoms with Crippen LogP contribution in [0.3, 0.4) is 0 Å². The van der Waals surface area contributed by atoms with E-state index in [1.54, 1.807) is 0 Å². The largest absolute Gasteiger partial charge is 0.350 e. The van der Waals surface area contributed by atoms with E-state index in [2.05, 4.69) is 17.6 Å². The first-order chi connectivity index (χ1) is 8.11. The Morgan fingerprint density at radius 2 is 2.47 bits per heavy atom. The molecule has 1 aromatic heterocycles. The summed E-state index contributed by atoms with van der Waals surface area (Å²) < 4.78 is 1.84. The molecule has 2 N–H and O–H groups in total. The van der Waals surface area contributed by atoms with Crippen molar-refractivity contribution in [3.05, 3.63) is 24.0 Å². The zero-order valence-corrected chi connectivity index (χ0v) is 10.6. The molecule has 1 aliphatic rings. The number of piperidine rings is 1. The molecule has 94 valence electrons. The molecule has 4 nitrogen and oxygen atoms in total. The van der Waals surface area contributed by atoms with Gasteiger partial charge in [0.2, 0.25) is 0 Å². The topological polar surface area (TPSA) is 46.1 Å². The summed E-state index contributed by atoms with van der Waals surface area (Å²) in [6.45, 7) is 5.05. The Morgan fingerprint density at radius 1 is 1.65 bits per heavy atom. The first-order valence-electron chi connectivity index (χ1n) is 6.21. The Morgan fingerprint density at radius 3 is 3.06 bits per heavy atom. The molecule has 2 rings (SSSR count). The average Bonchev–Trinajstić information content (AvgIpc) is 2.74. The van der Waals surface area contributed by atoms with Gasteiger partial charge in [0, 0.05) is 26.3 Å². The van der Waals surface area contributed by atoms with Gasteiger partial charge in [-0.3, -0.25) is 4.79 Å². The van der Waals surface area contributed by atoms with Crippen molar-refractivity contribution >= 4 is 5.91 Å². The summed E-state index contributed by atoms with van der Waals surface area (Å²) in [5, 5.41) is 6.43. The monoisotopic (exact) mass is 235 g/mol. The van der Waals surface area contributed by atoms with E-state index in [0.717, 1.165) is 25.3 Å². The molecule has 0 aromatic carbocycles. The summed E-state index contributed by atoms with van der Waals surface area (Å²) in [6.07, 6.45) is 4.25. The molecule has 0 radical (unpaired) electrons. The van der Waals surface area contributed by atoms with Gasteiger partial charge >= 0.3 is 0 Å². The van der Waals surface area contributed by atoms with Gasteiger partial charge in [-0.15, -0.1) is 0 Å². The summed E-state index contributed by atoms with van der Waals surface area (Å²) in [5.74, 6) is 0.0179.